The van der Waals surface area contributed by atoms with E-state index in [1.165, 1.54) is 0 Å². The van der Waals surface area contributed by atoms with Crippen molar-refractivity contribution in [2.75, 3.05) is 37.0 Å². The van der Waals surface area contributed by atoms with Crippen LogP contribution in [0.5, 0.6) is 0 Å². The molecule has 0 saturated heterocycles. The van der Waals surface area contributed by atoms with Gasteiger partial charge in [-0.05, 0) is 31.4 Å². The minimum atomic E-state index is 0.859. The lowest BCUT2D eigenvalue weighted by atomic mass is 10.3. The van der Waals surface area contributed by atoms with Crippen LogP contribution >= 0.6 is 11.8 Å². The number of pyridine rings is 1. The molecule has 1 N–H and O–H groups in total. The fourth-order valence-corrected chi connectivity index (χ4v) is 1.97. The number of aromatic nitrogens is 1. The summed E-state index contributed by atoms with van der Waals surface area (Å²) in [6.45, 7) is 5.12. The minimum Gasteiger partial charge on any atom is -0.359 e. The Kier molecular flexibility index (Phi) is 7.05. The molecule has 0 aliphatic carbocycles. The van der Waals surface area contributed by atoms with Crippen LogP contribution < -0.4 is 10.2 Å². The van der Waals surface area contributed by atoms with E-state index in [0.717, 1.165) is 43.3 Å². The number of nitrogens with zero attached hydrogens (tertiary/aromatic N) is 2. The van der Waals surface area contributed by atoms with Gasteiger partial charge < -0.3 is 10.2 Å². The molecule has 0 fully saturated rings. The Morgan fingerprint density at radius 1 is 1.41 bits per heavy atom. The Balaban J connectivity index is 2.52. The van der Waals surface area contributed by atoms with E-state index in [2.05, 4.69) is 53.6 Å². The highest BCUT2D eigenvalue weighted by atomic mass is 32.2. The van der Waals surface area contributed by atoms with Gasteiger partial charge >= 0.3 is 0 Å². The summed E-state index contributed by atoms with van der Waals surface area (Å²) in [6, 6.07) is 6.24. The summed E-state index contributed by atoms with van der Waals surface area (Å²) in [4.78, 5) is 6.86. The van der Waals surface area contributed by atoms with Crippen LogP contribution in [0, 0.1) is 0 Å². The molecule has 0 amide bonds. The Labute approximate surface area is 109 Å². The first-order valence-electron chi connectivity index (χ1n) is 6.14. The van der Waals surface area contributed by atoms with E-state index in [-0.39, 0.29) is 0 Å². The number of nitrogens with one attached hydrogen (secondary N) is 1. The molecular formula is C13H23N3S. The van der Waals surface area contributed by atoms with Gasteiger partial charge in [0.15, 0.2) is 0 Å². The third-order valence-corrected chi connectivity index (χ3v) is 3.14. The van der Waals surface area contributed by atoms with Crippen LogP contribution in [0.15, 0.2) is 18.2 Å². The number of anilines is 1. The minimum absolute atomic E-state index is 0.859. The van der Waals surface area contributed by atoms with Gasteiger partial charge in [-0.1, -0.05) is 13.0 Å². The normalized spacial score (nSPS) is 10.5. The Bertz CT molecular complexity index is 317. The van der Waals surface area contributed by atoms with E-state index >= 15 is 0 Å². The highest BCUT2D eigenvalue weighted by Gasteiger charge is 2.02. The Morgan fingerprint density at radius 3 is 2.94 bits per heavy atom. The maximum absolute atomic E-state index is 4.65. The number of hydrogen-bond donors (Lipinski definition) is 1. The quantitative estimate of drug-likeness (QED) is 0.720. The predicted molar refractivity (Wildman–Crippen MR) is 77.9 cm³/mol. The summed E-state index contributed by atoms with van der Waals surface area (Å²) in [5.41, 5.74) is 1.12. The van der Waals surface area contributed by atoms with E-state index in [1.54, 1.807) is 0 Å². The zero-order valence-corrected chi connectivity index (χ0v) is 11.9. The predicted octanol–water partition coefficient (Wildman–Crippen LogP) is 2.38. The van der Waals surface area contributed by atoms with Gasteiger partial charge in [-0.15, -0.1) is 0 Å². The molecule has 1 heterocycles. The molecule has 0 aliphatic heterocycles. The molecule has 3 nitrogen and oxygen atoms in total. The van der Waals surface area contributed by atoms with Crippen LogP contribution in [0.3, 0.4) is 0 Å². The summed E-state index contributed by atoms with van der Waals surface area (Å²) in [5, 5.41) is 3.38. The summed E-state index contributed by atoms with van der Waals surface area (Å²) in [6.07, 6.45) is 3.29. The summed E-state index contributed by atoms with van der Waals surface area (Å²) in [7, 11) is 2.10. The van der Waals surface area contributed by atoms with Gasteiger partial charge in [-0.25, -0.2) is 4.98 Å². The highest BCUT2D eigenvalue weighted by molar-refractivity contribution is 7.98. The largest absolute Gasteiger partial charge is 0.359 e. The zero-order chi connectivity index (χ0) is 12.5. The van der Waals surface area contributed by atoms with Gasteiger partial charge in [0, 0.05) is 25.9 Å². The van der Waals surface area contributed by atoms with E-state index in [1.807, 2.05) is 11.8 Å². The van der Waals surface area contributed by atoms with Crippen molar-refractivity contribution in [3.8, 4) is 0 Å². The second-order valence-electron chi connectivity index (χ2n) is 4.08. The van der Waals surface area contributed by atoms with Crippen molar-refractivity contribution >= 4 is 17.6 Å². The molecule has 0 radical (unpaired) electrons. The van der Waals surface area contributed by atoms with Crippen molar-refractivity contribution in [3.05, 3.63) is 23.9 Å². The van der Waals surface area contributed by atoms with Crippen molar-refractivity contribution in [2.24, 2.45) is 0 Å². The van der Waals surface area contributed by atoms with Crippen LogP contribution in [-0.2, 0) is 6.54 Å². The number of thioether (sulfide) groups is 1. The van der Waals surface area contributed by atoms with Gasteiger partial charge in [0.1, 0.15) is 5.82 Å². The summed E-state index contributed by atoms with van der Waals surface area (Å²) >= 11 is 1.86. The van der Waals surface area contributed by atoms with Crippen molar-refractivity contribution in [1.82, 2.24) is 10.3 Å². The van der Waals surface area contributed by atoms with Gasteiger partial charge in [-0.2, -0.15) is 11.8 Å². The fourth-order valence-electron chi connectivity index (χ4n) is 1.51. The number of rotatable bonds is 8. The topological polar surface area (TPSA) is 28.2 Å². The first-order valence-corrected chi connectivity index (χ1v) is 7.54. The molecule has 0 aliphatic rings. The van der Waals surface area contributed by atoms with Crippen molar-refractivity contribution in [1.29, 1.82) is 0 Å². The van der Waals surface area contributed by atoms with Crippen molar-refractivity contribution < 1.29 is 0 Å². The van der Waals surface area contributed by atoms with Gasteiger partial charge in [-0.3, -0.25) is 0 Å². The third-order valence-electron chi connectivity index (χ3n) is 2.55. The Morgan fingerprint density at radius 2 is 2.24 bits per heavy atom. The molecule has 0 saturated carbocycles. The maximum atomic E-state index is 4.65. The van der Waals surface area contributed by atoms with Crippen LogP contribution in [0.1, 0.15) is 19.0 Å². The molecule has 1 aromatic rings. The lowest BCUT2D eigenvalue weighted by Crippen LogP contribution is -2.22. The number of hydrogen-bond acceptors (Lipinski definition) is 4. The highest BCUT2D eigenvalue weighted by Crippen LogP contribution is 2.10. The average Bonchev–Trinajstić information content (AvgIpc) is 2.36. The Hall–Kier alpha value is -0.740. The second-order valence-corrected chi connectivity index (χ2v) is 5.06. The molecule has 0 atom stereocenters. The standard InChI is InChI=1S/C13H23N3S/c1-4-8-14-11-12-6-5-7-13(15-12)16(2)9-10-17-3/h5-7,14H,4,8-11H2,1-3H3. The van der Waals surface area contributed by atoms with Crippen LogP contribution in [0.4, 0.5) is 5.82 Å². The summed E-state index contributed by atoms with van der Waals surface area (Å²) < 4.78 is 0. The molecule has 4 heteroatoms. The van der Waals surface area contributed by atoms with Gasteiger partial charge in [0.2, 0.25) is 0 Å². The van der Waals surface area contributed by atoms with E-state index in [0.29, 0.717) is 0 Å². The molecule has 1 aromatic heterocycles. The van der Waals surface area contributed by atoms with E-state index in [4.69, 9.17) is 0 Å². The average molecular weight is 253 g/mol. The third kappa shape index (κ3) is 5.41. The first-order chi connectivity index (χ1) is 8.27. The molecular weight excluding hydrogens is 230 g/mol. The van der Waals surface area contributed by atoms with Crippen LogP contribution in [0.25, 0.3) is 0 Å². The SMILES string of the molecule is CCCNCc1cccc(N(C)CCSC)n1. The maximum Gasteiger partial charge on any atom is 0.128 e. The first kappa shape index (κ1) is 14.3. The van der Waals surface area contributed by atoms with Gasteiger partial charge in [0.25, 0.3) is 0 Å². The van der Waals surface area contributed by atoms with E-state index < -0.39 is 0 Å². The lowest BCUT2D eigenvalue weighted by molar-refractivity contribution is 0.663. The molecule has 0 spiro atoms. The van der Waals surface area contributed by atoms with Crippen molar-refractivity contribution in [3.63, 3.8) is 0 Å². The molecule has 96 valence electrons. The molecule has 0 unspecified atom stereocenters. The zero-order valence-electron chi connectivity index (χ0n) is 11.1. The second kappa shape index (κ2) is 8.37. The molecule has 0 bridgehead atoms. The van der Waals surface area contributed by atoms with E-state index in [9.17, 15) is 0 Å². The van der Waals surface area contributed by atoms with Gasteiger partial charge in [0.05, 0.1) is 5.69 Å². The van der Waals surface area contributed by atoms with Crippen molar-refractivity contribution in [2.45, 2.75) is 19.9 Å². The van der Waals surface area contributed by atoms with Crippen LogP contribution in [-0.4, -0.2) is 37.1 Å². The smallest absolute Gasteiger partial charge is 0.128 e. The molecule has 17 heavy (non-hydrogen) atoms. The summed E-state index contributed by atoms with van der Waals surface area (Å²) in [5.74, 6) is 2.20. The molecule has 1 rings (SSSR count). The lowest BCUT2D eigenvalue weighted by Gasteiger charge is -2.18. The molecule has 0 aromatic carbocycles. The van der Waals surface area contributed by atoms with Crippen LogP contribution in [0.2, 0.25) is 0 Å². The fraction of sp³-hybridized carbons (Fsp3) is 0.615. The monoisotopic (exact) mass is 253 g/mol.